The van der Waals surface area contributed by atoms with Crippen molar-refractivity contribution in [1.82, 2.24) is 4.98 Å². The predicted molar refractivity (Wildman–Crippen MR) is 113 cm³/mol. The molecule has 1 aromatic heterocycles. The van der Waals surface area contributed by atoms with E-state index in [1.54, 1.807) is 6.20 Å². The Morgan fingerprint density at radius 1 is 1.23 bits per heavy atom. The fraction of sp³-hybridized carbons (Fsp3) is 0.348. The Hall–Kier alpha value is -3.42. The number of nitrogens with zero attached hydrogens (tertiary/aromatic N) is 3. The minimum atomic E-state index is -1.29. The zero-order chi connectivity index (χ0) is 21.7. The summed E-state index contributed by atoms with van der Waals surface area (Å²) < 4.78 is 21.3. The number of anilines is 2. The Labute approximate surface area is 178 Å². The van der Waals surface area contributed by atoms with Gasteiger partial charge in [-0.25, -0.2) is 14.2 Å². The van der Waals surface area contributed by atoms with Crippen LogP contribution in [-0.2, 0) is 4.79 Å². The average molecular weight is 423 g/mol. The summed E-state index contributed by atoms with van der Waals surface area (Å²) in [6.07, 6.45) is 3.25. The van der Waals surface area contributed by atoms with Crippen LogP contribution in [0.25, 0.3) is 0 Å². The van der Waals surface area contributed by atoms with Crippen LogP contribution in [0.3, 0.4) is 0 Å². The molecule has 8 heteroatoms. The van der Waals surface area contributed by atoms with Gasteiger partial charge in [0.2, 0.25) is 5.78 Å². The SMILES string of the molecule is C[C@H]1COc2c3c(cc(F)c2N2CCN(c4ccccn4)CC2)C(=O)C(C(=O)O)=CC31. The third kappa shape index (κ3) is 3.13. The molecule has 2 aliphatic heterocycles. The molecule has 160 valence electrons. The molecule has 1 fully saturated rings. The summed E-state index contributed by atoms with van der Waals surface area (Å²) in [5.74, 6) is -1.57. The highest BCUT2D eigenvalue weighted by Crippen LogP contribution is 2.49. The molecule has 1 unspecified atom stereocenters. The van der Waals surface area contributed by atoms with Gasteiger partial charge in [-0.3, -0.25) is 4.79 Å². The number of benzene rings is 1. The summed E-state index contributed by atoms with van der Waals surface area (Å²) in [6, 6.07) is 6.94. The second-order valence-electron chi connectivity index (χ2n) is 8.19. The summed E-state index contributed by atoms with van der Waals surface area (Å²) in [7, 11) is 0. The second-order valence-corrected chi connectivity index (χ2v) is 8.19. The zero-order valence-electron chi connectivity index (χ0n) is 17.0. The Morgan fingerprint density at radius 3 is 2.65 bits per heavy atom. The zero-order valence-corrected chi connectivity index (χ0v) is 17.0. The lowest BCUT2D eigenvalue weighted by molar-refractivity contribution is -0.132. The van der Waals surface area contributed by atoms with Gasteiger partial charge < -0.3 is 19.6 Å². The lowest BCUT2D eigenvalue weighted by Crippen LogP contribution is -2.47. The number of ether oxygens (including phenoxy) is 1. The maximum absolute atomic E-state index is 15.3. The number of carboxylic acids is 1. The van der Waals surface area contributed by atoms with Crippen molar-refractivity contribution in [2.75, 3.05) is 42.6 Å². The largest absolute Gasteiger partial charge is 0.491 e. The van der Waals surface area contributed by atoms with Gasteiger partial charge in [0, 0.05) is 55.3 Å². The number of Topliss-reactive ketones (excluding diaryl/α,β-unsaturated/α-hetero) is 1. The minimum absolute atomic E-state index is 0.0204. The Kier molecular flexibility index (Phi) is 4.64. The quantitative estimate of drug-likeness (QED) is 0.760. The van der Waals surface area contributed by atoms with Crippen molar-refractivity contribution in [1.29, 1.82) is 0 Å². The van der Waals surface area contributed by atoms with Gasteiger partial charge in [-0.2, -0.15) is 0 Å². The molecule has 1 N–H and O–H groups in total. The summed E-state index contributed by atoms with van der Waals surface area (Å²) >= 11 is 0. The van der Waals surface area contributed by atoms with Gasteiger partial charge >= 0.3 is 5.97 Å². The van der Waals surface area contributed by atoms with E-state index in [0.29, 0.717) is 49.8 Å². The number of rotatable bonds is 3. The molecule has 0 bridgehead atoms. The second kappa shape index (κ2) is 7.37. The lowest BCUT2D eigenvalue weighted by Gasteiger charge is -2.40. The van der Waals surface area contributed by atoms with Crippen molar-refractivity contribution in [2.45, 2.75) is 12.8 Å². The lowest BCUT2D eigenvalue weighted by atomic mass is 9.75. The van der Waals surface area contributed by atoms with Crippen LogP contribution in [-0.4, -0.2) is 54.6 Å². The first-order valence-corrected chi connectivity index (χ1v) is 10.4. The van der Waals surface area contributed by atoms with Gasteiger partial charge in [0.15, 0.2) is 5.82 Å². The molecule has 1 saturated heterocycles. The predicted octanol–water partition coefficient (Wildman–Crippen LogP) is 2.87. The third-order valence-corrected chi connectivity index (χ3v) is 6.32. The van der Waals surface area contributed by atoms with Gasteiger partial charge in [-0.15, -0.1) is 0 Å². The molecule has 5 rings (SSSR count). The molecule has 0 spiro atoms. The van der Waals surface area contributed by atoms with E-state index in [0.717, 1.165) is 5.82 Å². The van der Waals surface area contributed by atoms with Crippen molar-refractivity contribution in [3.8, 4) is 5.75 Å². The molecule has 2 aromatic rings. The number of ketones is 1. The molecule has 31 heavy (non-hydrogen) atoms. The maximum Gasteiger partial charge on any atom is 0.339 e. The van der Waals surface area contributed by atoms with E-state index in [2.05, 4.69) is 9.88 Å². The van der Waals surface area contributed by atoms with Crippen molar-refractivity contribution in [2.24, 2.45) is 5.92 Å². The Bertz CT molecular complexity index is 1090. The van der Waals surface area contributed by atoms with Gasteiger partial charge in [0.1, 0.15) is 22.8 Å². The van der Waals surface area contributed by atoms with Gasteiger partial charge in [-0.05, 0) is 18.2 Å². The fourth-order valence-electron chi connectivity index (χ4n) is 4.71. The highest BCUT2D eigenvalue weighted by atomic mass is 19.1. The van der Waals surface area contributed by atoms with E-state index in [4.69, 9.17) is 4.74 Å². The van der Waals surface area contributed by atoms with Crippen LogP contribution in [0.5, 0.6) is 5.75 Å². The topological polar surface area (TPSA) is 83.0 Å². The van der Waals surface area contributed by atoms with Gasteiger partial charge in [0.25, 0.3) is 0 Å². The molecule has 0 amide bonds. The van der Waals surface area contributed by atoms with E-state index in [1.165, 1.54) is 12.1 Å². The monoisotopic (exact) mass is 423 g/mol. The first-order chi connectivity index (χ1) is 15.0. The van der Waals surface area contributed by atoms with Crippen molar-refractivity contribution >= 4 is 23.3 Å². The average Bonchev–Trinajstić information content (AvgIpc) is 2.78. The maximum atomic E-state index is 15.3. The minimum Gasteiger partial charge on any atom is -0.491 e. The van der Waals surface area contributed by atoms with E-state index >= 15 is 4.39 Å². The molecule has 0 saturated carbocycles. The number of aliphatic carboxylic acids is 1. The molecule has 3 aliphatic rings. The van der Waals surface area contributed by atoms with Crippen LogP contribution in [0.4, 0.5) is 15.9 Å². The number of carbonyl (C=O) groups excluding carboxylic acids is 1. The fourth-order valence-corrected chi connectivity index (χ4v) is 4.71. The summed E-state index contributed by atoms with van der Waals surface area (Å²) in [4.78, 5) is 32.8. The molecule has 2 atom stereocenters. The highest BCUT2D eigenvalue weighted by Gasteiger charge is 2.41. The summed E-state index contributed by atoms with van der Waals surface area (Å²) in [5, 5.41) is 9.44. The first-order valence-electron chi connectivity index (χ1n) is 10.4. The number of hydrogen-bond acceptors (Lipinski definition) is 6. The van der Waals surface area contributed by atoms with E-state index in [9.17, 15) is 14.7 Å². The van der Waals surface area contributed by atoms with Crippen molar-refractivity contribution in [3.05, 3.63) is 59.1 Å². The van der Waals surface area contributed by atoms with Gasteiger partial charge in [-0.1, -0.05) is 19.1 Å². The van der Waals surface area contributed by atoms with E-state index in [-0.39, 0.29) is 23.0 Å². The summed E-state index contributed by atoms with van der Waals surface area (Å²) in [6.45, 7) is 4.78. The molecule has 0 radical (unpaired) electrons. The molecule has 1 aromatic carbocycles. The molecule has 3 heterocycles. The number of aromatic nitrogens is 1. The number of carbonyl (C=O) groups is 2. The Morgan fingerprint density at radius 2 is 1.97 bits per heavy atom. The Balaban J connectivity index is 1.51. The molecule has 7 nitrogen and oxygen atoms in total. The van der Waals surface area contributed by atoms with E-state index < -0.39 is 17.6 Å². The van der Waals surface area contributed by atoms with Crippen LogP contribution in [0.2, 0.25) is 0 Å². The number of halogens is 1. The van der Waals surface area contributed by atoms with Crippen molar-refractivity contribution < 1.29 is 23.8 Å². The standard InChI is InChI=1S/C23H22FN3O4/c1-13-12-31-22-19-14(13)10-16(23(29)30)21(28)15(19)11-17(24)20(22)27-8-6-26(7-9-27)18-4-2-3-5-25-18/h2-5,10-11,13-14H,6-9,12H2,1H3,(H,29,30)/t13-,14?/m0/s1. The number of piperazine rings is 1. The summed E-state index contributed by atoms with van der Waals surface area (Å²) in [5.41, 5.74) is 0.766. The number of allylic oxidation sites excluding steroid dienone is 1. The van der Waals surface area contributed by atoms with Gasteiger partial charge in [0.05, 0.1) is 6.61 Å². The third-order valence-electron chi connectivity index (χ3n) is 6.32. The van der Waals surface area contributed by atoms with Crippen LogP contribution in [0, 0.1) is 11.7 Å². The highest BCUT2D eigenvalue weighted by molar-refractivity contribution is 6.25. The van der Waals surface area contributed by atoms with E-state index in [1.807, 2.05) is 30.0 Å². The molecule has 1 aliphatic carbocycles. The van der Waals surface area contributed by atoms with Crippen LogP contribution < -0.4 is 14.5 Å². The first kappa shape index (κ1) is 19.5. The van der Waals surface area contributed by atoms with Crippen LogP contribution >= 0.6 is 0 Å². The smallest absolute Gasteiger partial charge is 0.339 e. The van der Waals surface area contributed by atoms with Crippen molar-refractivity contribution in [3.63, 3.8) is 0 Å². The normalized spacial score (nSPS) is 22.5. The molecular weight excluding hydrogens is 401 g/mol. The van der Waals surface area contributed by atoms with Crippen LogP contribution in [0.1, 0.15) is 28.8 Å². The van der Waals surface area contributed by atoms with Crippen LogP contribution in [0.15, 0.2) is 42.1 Å². The number of carboxylic acid groups (broad SMARTS) is 1. The number of hydrogen-bond donors (Lipinski definition) is 1. The number of pyridine rings is 1. The molecular formula is C23H22FN3O4.